The Hall–Kier alpha value is -2.15. The summed E-state index contributed by atoms with van der Waals surface area (Å²) >= 11 is 1.44. The number of anilines is 1. The zero-order valence-corrected chi connectivity index (χ0v) is 16.7. The molecule has 0 N–H and O–H groups in total. The van der Waals surface area contributed by atoms with Crippen molar-refractivity contribution in [3.05, 3.63) is 34.3 Å². The van der Waals surface area contributed by atoms with Crippen LogP contribution in [0.1, 0.15) is 43.1 Å². The van der Waals surface area contributed by atoms with Crippen molar-refractivity contribution >= 4 is 23.1 Å². The van der Waals surface area contributed by atoms with Crippen molar-refractivity contribution in [1.29, 1.82) is 0 Å². The zero-order chi connectivity index (χ0) is 18.7. The lowest BCUT2D eigenvalue weighted by Gasteiger charge is -2.35. The number of thiazole rings is 1. The van der Waals surface area contributed by atoms with Gasteiger partial charge in [0.1, 0.15) is 10.7 Å². The molecule has 0 aliphatic carbocycles. The Bertz CT molecular complexity index is 761. The number of pyridine rings is 1. The van der Waals surface area contributed by atoms with Crippen molar-refractivity contribution in [3.8, 4) is 5.88 Å². The number of carbonyl (C=O) groups excluding carboxylic acids is 1. The highest BCUT2D eigenvalue weighted by Crippen LogP contribution is 2.28. The van der Waals surface area contributed by atoms with Gasteiger partial charge in [0.05, 0.1) is 17.8 Å². The molecule has 1 fully saturated rings. The van der Waals surface area contributed by atoms with E-state index < -0.39 is 0 Å². The van der Waals surface area contributed by atoms with Crippen LogP contribution in [-0.2, 0) is 5.41 Å². The molecule has 3 rings (SSSR count). The predicted molar refractivity (Wildman–Crippen MR) is 104 cm³/mol. The van der Waals surface area contributed by atoms with Gasteiger partial charge in [-0.25, -0.2) is 4.98 Å². The minimum atomic E-state index is -0.129. The number of hydrogen-bond acceptors (Lipinski definition) is 6. The number of ether oxygens (including phenoxy) is 1. The van der Waals surface area contributed by atoms with Crippen LogP contribution < -0.4 is 9.64 Å². The summed E-state index contributed by atoms with van der Waals surface area (Å²) in [4.78, 5) is 26.8. The first-order valence-corrected chi connectivity index (χ1v) is 9.86. The Morgan fingerprint density at radius 3 is 2.62 bits per heavy atom. The summed E-state index contributed by atoms with van der Waals surface area (Å²) in [5.74, 6) is 1.63. The minimum absolute atomic E-state index is 0.0908. The van der Waals surface area contributed by atoms with E-state index in [0.717, 1.165) is 29.5 Å². The lowest BCUT2D eigenvalue weighted by atomic mass is 9.91. The fourth-order valence-corrected chi connectivity index (χ4v) is 3.99. The molecular weight excluding hydrogens is 348 g/mol. The van der Waals surface area contributed by atoms with Crippen LogP contribution in [-0.4, -0.2) is 53.6 Å². The quantitative estimate of drug-likeness (QED) is 0.822. The summed E-state index contributed by atoms with van der Waals surface area (Å²) in [6, 6.07) is 5.81. The third-order valence-electron chi connectivity index (χ3n) is 4.36. The Labute approximate surface area is 158 Å². The van der Waals surface area contributed by atoms with Gasteiger partial charge in [0, 0.05) is 37.7 Å². The summed E-state index contributed by atoms with van der Waals surface area (Å²) in [5.41, 5.74) is 2.53. The highest BCUT2D eigenvalue weighted by molar-refractivity contribution is 7.11. The second-order valence-corrected chi connectivity index (χ2v) is 8.18. The van der Waals surface area contributed by atoms with E-state index >= 15 is 0 Å². The van der Waals surface area contributed by atoms with Gasteiger partial charge in [-0.05, 0) is 13.0 Å². The molecule has 3 heterocycles. The van der Waals surface area contributed by atoms with Gasteiger partial charge in [-0.2, -0.15) is 4.98 Å². The number of hydrogen-bond donors (Lipinski definition) is 0. The van der Waals surface area contributed by atoms with Crippen molar-refractivity contribution < 1.29 is 9.53 Å². The van der Waals surface area contributed by atoms with E-state index in [1.54, 1.807) is 5.51 Å². The normalized spacial score (nSPS) is 15.2. The molecule has 0 aromatic carbocycles. The highest BCUT2D eigenvalue weighted by Gasteiger charge is 2.29. The van der Waals surface area contributed by atoms with E-state index in [4.69, 9.17) is 4.74 Å². The van der Waals surface area contributed by atoms with Crippen LogP contribution in [0.5, 0.6) is 5.88 Å². The number of amides is 1. The summed E-state index contributed by atoms with van der Waals surface area (Å²) < 4.78 is 5.48. The van der Waals surface area contributed by atoms with Gasteiger partial charge >= 0.3 is 0 Å². The van der Waals surface area contributed by atoms with E-state index in [1.807, 2.05) is 30.0 Å². The van der Waals surface area contributed by atoms with Crippen LogP contribution in [0.3, 0.4) is 0 Å². The predicted octanol–water partition coefficient (Wildman–Crippen LogP) is 3.20. The van der Waals surface area contributed by atoms with Gasteiger partial charge in [-0.1, -0.05) is 26.8 Å². The average Bonchev–Trinajstić information content (AvgIpc) is 3.12. The lowest BCUT2D eigenvalue weighted by Crippen LogP contribution is -2.49. The van der Waals surface area contributed by atoms with Crippen molar-refractivity contribution in [2.75, 3.05) is 37.7 Å². The first kappa shape index (κ1) is 18.6. The molecule has 0 spiro atoms. The largest absolute Gasteiger partial charge is 0.478 e. The fraction of sp³-hybridized carbons (Fsp3) is 0.526. The van der Waals surface area contributed by atoms with Crippen LogP contribution >= 0.6 is 11.3 Å². The third-order valence-corrected chi connectivity index (χ3v) is 5.18. The molecule has 1 amide bonds. The van der Waals surface area contributed by atoms with Crippen LogP contribution in [0, 0.1) is 0 Å². The Morgan fingerprint density at radius 1 is 1.23 bits per heavy atom. The smallest absolute Gasteiger partial charge is 0.266 e. The summed E-state index contributed by atoms with van der Waals surface area (Å²) in [7, 11) is 0. The fourth-order valence-electron chi connectivity index (χ4n) is 3.02. The Morgan fingerprint density at radius 2 is 1.96 bits per heavy atom. The topological polar surface area (TPSA) is 58.6 Å². The van der Waals surface area contributed by atoms with Crippen molar-refractivity contribution in [3.63, 3.8) is 0 Å². The van der Waals surface area contributed by atoms with Gasteiger partial charge < -0.3 is 14.5 Å². The molecule has 1 aliphatic heterocycles. The second kappa shape index (κ2) is 7.61. The van der Waals surface area contributed by atoms with E-state index in [-0.39, 0.29) is 11.3 Å². The third kappa shape index (κ3) is 3.98. The molecule has 0 bridgehead atoms. The van der Waals surface area contributed by atoms with Crippen LogP contribution in [0.4, 0.5) is 5.82 Å². The Balaban J connectivity index is 1.66. The van der Waals surface area contributed by atoms with Gasteiger partial charge in [-0.3, -0.25) is 4.79 Å². The second-order valence-electron chi connectivity index (χ2n) is 7.33. The van der Waals surface area contributed by atoms with Crippen LogP contribution in [0.2, 0.25) is 0 Å². The molecule has 0 radical (unpaired) electrons. The first-order valence-electron chi connectivity index (χ1n) is 8.98. The maximum Gasteiger partial charge on any atom is 0.266 e. The summed E-state index contributed by atoms with van der Waals surface area (Å²) in [5, 5.41) is 0. The molecule has 1 saturated heterocycles. The van der Waals surface area contributed by atoms with Crippen molar-refractivity contribution in [1.82, 2.24) is 14.9 Å². The average molecular weight is 375 g/mol. The highest BCUT2D eigenvalue weighted by atomic mass is 32.1. The van der Waals surface area contributed by atoms with E-state index in [2.05, 4.69) is 35.6 Å². The lowest BCUT2D eigenvalue weighted by molar-refractivity contribution is 0.0748. The molecule has 1 aliphatic rings. The number of carbonyl (C=O) groups is 1. The molecule has 0 unspecified atom stereocenters. The van der Waals surface area contributed by atoms with E-state index in [0.29, 0.717) is 25.6 Å². The molecule has 2 aromatic heterocycles. The summed E-state index contributed by atoms with van der Waals surface area (Å²) in [6.07, 6.45) is 0. The maximum absolute atomic E-state index is 13.0. The molecule has 140 valence electrons. The first-order chi connectivity index (χ1) is 12.4. The van der Waals surface area contributed by atoms with Crippen LogP contribution in [0.15, 0.2) is 23.7 Å². The van der Waals surface area contributed by atoms with Gasteiger partial charge in [0.2, 0.25) is 5.88 Å². The number of nitrogens with zero attached hydrogens (tertiary/aromatic N) is 4. The molecule has 2 aromatic rings. The van der Waals surface area contributed by atoms with Gasteiger partial charge in [-0.15, -0.1) is 11.3 Å². The van der Waals surface area contributed by atoms with Gasteiger partial charge in [0.25, 0.3) is 5.91 Å². The monoisotopic (exact) mass is 374 g/mol. The number of rotatable bonds is 4. The molecule has 7 heteroatoms. The van der Waals surface area contributed by atoms with Crippen LogP contribution in [0.25, 0.3) is 0 Å². The molecule has 0 saturated carbocycles. The molecule has 0 atom stereocenters. The standard InChI is InChI=1S/C19H26N4O2S/c1-5-25-15-8-6-7-14(21-15)22-9-11-23(12-10-22)18(24)16-17(19(2,3)4)20-13-26-16/h6-8,13H,5,9-12H2,1-4H3. The molecule has 6 nitrogen and oxygen atoms in total. The maximum atomic E-state index is 13.0. The minimum Gasteiger partial charge on any atom is -0.478 e. The van der Waals surface area contributed by atoms with E-state index in [1.165, 1.54) is 11.3 Å². The van der Waals surface area contributed by atoms with E-state index in [9.17, 15) is 4.79 Å². The van der Waals surface area contributed by atoms with Crippen molar-refractivity contribution in [2.24, 2.45) is 0 Å². The number of aromatic nitrogens is 2. The van der Waals surface area contributed by atoms with Gasteiger partial charge in [0.15, 0.2) is 0 Å². The molecule has 26 heavy (non-hydrogen) atoms. The summed E-state index contributed by atoms with van der Waals surface area (Å²) in [6.45, 7) is 11.7. The SMILES string of the molecule is CCOc1cccc(N2CCN(C(=O)c3scnc3C(C)(C)C)CC2)n1. The molecular formula is C19H26N4O2S. The number of piperazine rings is 1. The Kier molecular flexibility index (Phi) is 5.46. The van der Waals surface area contributed by atoms with Crippen molar-refractivity contribution in [2.45, 2.75) is 33.1 Å². The zero-order valence-electron chi connectivity index (χ0n) is 15.9.